The first-order valence-electron chi connectivity index (χ1n) is 9.01. The molecule has 1 fully saturated rings. The Kier molecular flexibility index (Phi) is 6.81. The van der Waals surface area contributed by atoms with Crippen LogP contribution >= 0.6 is 0 Å². The zero-order chi connectivity index (χ0) is 17.6. The predicted molar refractivity (Wildman–Crippen MR) is 99.0 cm³/mol. The Morgan fingerprint density at radius 3 is 2.58 bits per heavy atom. The topological polar surface area (TPSA) is 44.7 Å². The van der Waals surface area contributed by atoms with Gasteiger partial charge in [0.15, 0.2) is 0 Å². The summed E-state index contributed by atoms with van der Waals surface area (Å²) in [6.07, 6.45) is 1.08. The first kappa shape index (κ1) is 19.4. The lowest BCUT2D eigenvalue weighted by atomic mass is 9.66. The Bertz CT molecular complexity index is 482. The lowest BCUT2D eigenvalue weighted by Crippen LogP contribution is -2.48. The molecule has 4 nitrogen and oxygen atoms in total. The number of methoxy groups -OCH3 is 1. The van der Waals surface area contributed by atoms with E-state index in [1.807, 2.05) is 0 Å². The molecule has 0 aliphatic carbocycles. The molecule has 0 aromatic heterocycles. The number of hydrogen-bond donors (Lipinski definition) is 2. The van der Waals surface area contributed by atoms with E-state index < -0.39 is 0 Å². The van der Waals surface area contributed by atoms with Gasteiger partial charge >= 0.3 is 0 Å². The van der Waals surface area contributed by atoms with Gasteiger partial charge < -0.3 is 15.2 Å². The van der Waals surface area contributed by atoms with E-state index in [0.717, 1.165) is 26.2 Å². The number of nitrogens with one attached hydrogen (secondary N) is 1. The van der Waals surface area contributed by atoms with Gasteiger partial charge in [-0.3, -0.25) is 4.90 Å². The van der Waals surface area contributed by atoms with Gasteiger partial charge in [-0.25, -0.2) is 0 Å². The molecule has 1 aliphatic rings. The van der Waals surface area contributed by atoms with Crippen molar-refractivity contribution < 1.29 is 9.84 Å². The zero-order valence-electron chi connectivity index (χ0n) is 15.7. The van der Waals surface area contributed by atoms with Crippen LogP contribution in [0.2, 0.25) is 0 Å². The number of benzene rings is 1. The lowest BCUT2D eigenvalue weighted by molar-refractivity contribution is 0.0395. The fourth-order valence-electron chi connectivity index (χ4n) is 3.65. The number of aliphatic hydroxyl groups is 1. The molecular weight excluding hydrogens is 300 g/mol. The van der Waals surface area contributed by atoms with Crippen LogP contribution in [0.25, 0.3) is 0 Å². The van der Waals surface area contributed by atoms with Crippen molar-refractivity contribution in [3.05, 3.63) is 35.9 Å². The minimum Gasteiger partial charge on any atom is -0.394 e. The van der Waals surface area contributed by atoms with Crippen LogP contribution < -0.4 is 5.32 Å². The van der Waals surface area contributed by atoms with E-state index in [1.165, 1.54) is 12.0 Å². The SMILES string of the molecule is CO[C@@H](CO)CNCC1(C(C)(C)C)CCN(Cc2ccccc2)C1. The molecule has 2 atom stereocenters. The molecule has 0 spiro atoms. The van der Waals surface area contributed by atoms with Gasteiger partial charge in [-0.15, -0.1) is 0 Å². The summed E-state index contributed by atoms with van der Waals surface area (Å²) in [7, 11) is 1.65. The van der Waals surface area contributed by atoms with Gasteiger partial charge in [-0.2, -0.15) is 0 Å². The predicted octanol–water partition coefficient (Wildman–Crippen LogP) is 2.52. The average molecular weight is 335 g/mol. The van der Waals surface area contributed by atoms with Gasteiger partial charge in [0.1, 0.15) is 0 Å². The van der Waals surface area contributed by atoms with Crippen LogP contribution in [0.4, 0.5) is 0 Å². The maximum Gasteiger partial charge on any atom is 0.0925 e. The first-order valence-corrected chi connectivity index (χ1v) is 9.01. The van der Waals surface area contributed by atoms with Gasteiger partial charge in [-0.1, -0.05) is 51.1 Å². The van der Waals surface area contributed by atoms with Crippen molar-refractivity contribution in [3.63, 3.8) is 0 Å². The summed E-state index contributed by atoms with van der Waals surface area (Å²) in [6.45, 7) is 12.0. The summed E-state index contributed by atoms with van der Waals surface area (Å²) in [6, 6.07) is 10.7. The van der Waals surface area contributed by atoms with Crippen molar-refractivity contribution in [2.24, 2.45) is 10.8 Å². The zero-order valence-corrected chi connectivity index (χ0v) is 15.7. The fraction of sp³-hybridized carbons (Fsp3) is 0.700. The quantitative estimate of drug-likeness (QED) is 0.767. The van der Waals surface area contributed by atoms with Gasteiger partial charge in [0.25, 0.3) is 0 Å². The Morgan fingerprint density at radius 2 is 2.00 bits per heavy atom. The van der Waals surface area contributed by atoms with Crippen molar-refractivity contribution in [1.82, 2.24) is 10.2 Å². The van der Waals surface area contributed by atoms with Gasteiger partial charge in [-0.05, 0) is 23.9 Å². The Balaban J connectivity index is 1.97. The normalized spacial score (nSPS) is 23.5. The van der Waals surface area contributed by atoms with Crippen molar-refractivity contribution in [2.45, 2.75) is 39.8 Å². The number of nitrogens with zero attached hydrogens (tertiary/aromatic N) is 1. The summed E-state index contributed by atoms with van der Waals surface area (Å²) in [4.78, 5) is 2.57. The van der Waals surface area contributed by atoms with Crippen LogP contribution in [0.15, 0.2) is 30.3 Å². The number of aliphatic hydroxyl groups excluding tert-OH is 1. The molecule has 1 aliphatic heterocycles. The molecule has 1 heterocycles. The average Bonchev–Trinajstić information content (AvgIpc) is 2.97. The van der Waals surface area contributed by atoms with E-state index >= 15 is 0 Å². The van der Waals surface area contributed by atoms with Crippen molar-refractivity contribution in [2.75, 3.05) is 39.9 Å². The van der Waals surface area contributed by atoms with E-state index in [1.54, 1.807) is 7.11 Å². The highest BCUT2D eigenvalue weighted by Crippen LogP contribution is 2.45. The molecule has 4 heteroatoms. The summed E-state index contributed by atoms with van der Waals surface area (Å²) < 4.78 is 5.26. The summed E-state index contributed by atoms with van der Waals surface area (Å²) in [5.74, 6) is 0. The maximum atomic E-state index is 9.28. The first-order chi connectivity index (χ1) is 11.4. The van der Waals surface area contributed by atoms with Crippen molar-refractivity contribution in [3.8, 4) is 0 Å². The highest BCUT2D eigenvalue weighted by atomic mass is 16.5. The standard InChI is InChI=1S/C20H34N2O2/c1-19(2,3)20(15-21-12-18(14-23)24-4)10-11-22(16-20)13-17-8-6-5-7-9-17/h5-9,18,21,23H,10-16H2,1-4H3/t18-,20?/m1/s1. The molecular formula is C20H34N2O2. The second kappa shape index (κ2) is 8.43. The summed E-state index contributed by atoms with van der Waals surface area (Å²) >= 11 is 0. The van der Waals surface area contributed by atoms with Crippen molar-refractivity contribution >= 4 is 0 Å². The molecule has 0 bridgehead atoms. The molecule has 2 N–H and O–H groups in total. The second-order valence-electron chi connectivity index (χ2n) is 8.15. The number of likely N-dealkylation sites (tertiary alicyclic amines) is 1. The van der Waals surface area contributed by atoms with E-state index in [2.05, 4.69) is 61.3 Å². The van der Waals surface area contributed by atoms with E-state index in [4.69, 9.17) is 4.74 Å². The fourth-order valence-corrected chi connectivity index (χ4v) is 3.65. The second-order valence-corrected chi connectivity index (χ2v) is 8.15. The van der Waals surface area contributed by atoms with E-state index in [-0.39, 0.29) is 23.5 Å². The minimum absolute atomic E-state index is 0.0617. The van der Waals surface area contributed by atoms with Crippen LogP contribution in [0.5, 0.6) is 0 Å². The molecule has 24 heavy (non-hydrogen) atoms. The third-order valence-electron chi connectivity index (χ3n) is 5.65. The number of rotatable bonds is 8. The largest absolute Gasteiger partial charge is 0.394 e. The van der Waals surface area contributed by atoms with Crippen LogP contribution in [0.3, 0.4) is 0 Å². The van der Waals surface area contributed by atoms with Crippen molar-refractivity contribution in [1.29, 1.82) is 0 Å². The van der Waals surface area contributed by atoms with E-state index in [9.17, 15) is 5.11 Å². The highest BCUT2D eigenvalue weighted by Gasteiger charge is 2.46. The third-order valence-corrected chi connectivity index (χ3v) is 5.65. The minimum atomic E-state index is -0.121. The number of ether oxygens (including phenoxy) is 1. The number of hydrogen-bond acceptors (Lipinski definition) is 4. The highest BCUT2D eigenvalue weighted by molar-refractivity contribution is 5.15. The van der Waals surface area contributed by atoms with Crippen LogP contribution in [0.1, 0.15) is 32.8 Å². The molecule has 1 saturated heterocycles. The summed E-state index contributed by atoms with van der Waals surface area (Å²) in [5.41, 5.74) is 1.86. The molecule has 0 saturated carbocycles. The van der Waals surface area contributed by atoms with Gasteiger partial charge in [0.2, 0.25) is 0 Å². The molecule has 1 aromatic carbocycles. The van der Waals surface area contributed by atoms with Crippen LogP contribution in [0, 0.1) is 10.8 Å². The lowest BCUT2D eigenvalue weighted by Gasteiger charge is -2.42. The van der Waals surface area contributed by atoms with Crippen LogP contribution in [-0.4, -0.2) is 56.0 Å². The van der Waals surface area contributed by atoms with E-state index in [0.29, 0.717) is 6.54 Å². The Hall–Kier alpha value is -0.940. The van der Waals surface area contributed by atoms with Gasteiger partial charge in [0, 0.05) is 38.7 Å². The van der Waals surface area contributed by atoms with Gasteiger partial charge in [0.05, 0.1) is 12.7 Å². The molecule has 1 aromatic rings. The smallest absolute Gasteiger partial charge is 0.0925 e. The molecule has 2 rings (SSSR count). The molecule has 1 unspecified atom stereocenters. The monoisotopic (exact) mass is 334 g/mol. The Labute approximate surface area is 147 Å². The molecule has 136 valence electrons. The third kappa shape index (κ3) is 4.79. The summed E-state index contributed by atoms with van der Waals surface area (Å²) in [5, 5.41) is 12.8. The Morgan fingerprint density at radius 1 is 1.29 bits per heavy atom. The molecule has 0 amide bonds. The maximum absolute atomic E-state index is 9.28. The van der Waals surface area contributed by atoms with Crippen LogP contribution in [-0.2, 0) is 11.3 Å². The molecule has 0 radical (unpaired) electrons.